The van der Waals surface area contributed by atoms with Gasteiger partial charge in [-0.2, -0.15) is 0 Å². The molecule has 3 nitrogen and oxygen atoms in total. The number of ether oxygens (including phenoxy) is 1. The van der Waals surface area contributed by atoms with Crippen molar-refractivity contribution in [3.05, 3.63) is 35.3 Å². The van der Waals surface area contributed by atoms with E-state index < -0.39 is 5.97 Å². The lowest BCUT2D eigenvalue weighted by atomic mass is 10.2. The summed E-state index contributed by atoms with van der Waals surface area (Å²) in [5.74, 6) is -0.762. The van der Waals surface area contributed by atoms with Crippen LogP contribution in [-0.2, 0) is 9.53 Å². The highest BCUT2D eigenvalue weighted by atomic mass is 16.6. The van der Waals surface area contributed by atoms with Gasteiger partial charge >= 0.3 is 5.97 Å². The molecule has 3 heteroatoms. The van der Waals surface area contributed by atoms with E-state index in [-0.39, 0.29) is 5.95 Å². The lowest BCUT2D eigenvalue weighted by molar-refractivity contribution is -0.136. The Kier molecular flexibility index (Phi) is 0.795. The summed E-state index contributed by atoms with van der Waals surface area (Å²) in [6.45, 7) is 0. The van der Waals surface area contributed by atoms with Crippen LogP contribution >= 0.6 is 0 Å². The van der Waals surface area contributed by atoms with Gasteiger partial charge < -0.3 is 9.84 Å². The first-order valence-electron chi connectivity index (χ1n) is 2.83. The van der Waals surface area contributed by atoms with Crippen LogP contribution in [0.2, 0.25) is 0 Å². The molecule has 0 fully saturated rings. The van der Waals surface area contributed by atoms with Crippen LogP contribution in [0.3, 0.4) is 0 Å². The van der Waals surface area contributed by atoms with Gasteiger partial charge in [-0.1, -0.05) is 6.08 Å². The second-order valence-corrected chi connectivity index (χ2v) is 2.05. The minimum absolute atomic E-state index is 0.287. The average molecular weight is 136 g/mol. The van der Waals surface area contributed by atoms with E-state index in [4.69, 9.17) is 5.11 Å². The van der Waals surface area contributed by atoms with Crippen LogP contribution in [0.25, 0.3) is 0 Å². The minimum Gasteiger partial charge on any atom is -0.480 e. The fourth-order valence-electron chi connectivity index (χ4n) is 0.982. The summed E-state index contributed by atoms with van der Waals surface area (Å²) in [5.41, 5.74) is 0.933. The minimum atomic E-state index is -0.475. The van der Waals surface area contributed by atoms with Crippen LogP contribution in [0.4, 0.5) is 0 Å². The number of carbonyl (C=O) groups is 1. The van der Waals surface area contributed by atoms with Gasteiger partial charge in [-0.3, -0.25) is 0 Å². The van der Waals surface area contributed by atoms with E-state index in [0.29, 0.717) is 11.1 Å². The van der Waals surface area contributed by atoms with Gasteiger partial charge in [0.15, 0.2) is 0 Å². The van der Waals surface area contributed by atoms with Gasteiger partial charge in [0.05, 0.1) is 11.1 Å². The molecule has 2 rings (SSSR count). The quantitative estimate of drug-likeness (QED) is 0.501. The monoisotopic (exact) mass is 136 g/mol. The molecule has 1 heterocycles. The van der Waals surface area contributed by atoms with Gasteiger partial charge in [0.25, 0.3) is 5.95 Å². The molecule has 0 spiro atoms. The van der Waals surface area contributed by atoms with Crippen molar-refractivity contribution in [3.8, 4) is 0 Å². The Labute approximate surface area is 56.9 Å². The SMILES string of the molecule is O=C1OC(O)=C2C=CC=C12. The number of rotatable bonds is 0. The van der Waals surface area contributed by atoms with Crippen LogP contribution < -0.4 is 0 Å². The van der Waals surface area contributed by atoms with Crippen LogP contribution in [-0.4, -0.2) is 11.1 Å². The fourth-order valence-corrected chi connectivity index (χ4v) is 0.982. The molecule has 0 saturated carbocycles. The first-order valence-corrected chi connectivity index (χ1v) is 2.83. The van der Waals surface area contributed by atoms with Gasteiger partial charge in [-0.25, -0.2) is 4.79 Å². The summed E-state index contributed by atoms with van der Waals surface area (Å²) in [7, 11) is 0. The maximum absolute atomic E-state index is 10.7. The maximum Gasteiger partial charge on any atom is 0.346 e. The number of aliphatic hydroxyl groups is 1. The third-order valence-corrected chi connectivity index (χ3v) is 1.46. The molecule has 0 aromatic carbocycles. The van der Waals surface area contributed by atoms with Crippen molar-refractivity contribution in [2.45, 2.75) is 0 Å². The van der Waals surface area contributed by atoms with Crippen molar-refractivity contribution in [2.75, 3.05) is 0 Å². The van der Waals surface area contributed by atoms with Crippen molar-refractivity contribution < 1.29 is 14.6 Å². The topological polar surface area (TPSA) is 46.5 Å². The number of hydrogen-bond donors (Lipinski definition) is 1. The third-order valence-electron chi connectivity index (χ3n) is 1.46. The smallest absolute Gasteiger partial charge is 0.346 e. The van der Waals surface area contributed by atoms with Gasteiger partial charge in [-0.15, -0.1) is 0 Å². The van der Waals surface area contributed by atoms with Crippen LogP contribution in [0.1, 0.15) is 0 Å². The number of carbonyl (C=O) groups excluding carboxylic acids is 1. The van der Waals surface area contributed by atoms with Crippen molar-refractivity contribution in [1.29, 1.82) is 0 Å². The average Bonchev–Trinajstić information content (AvgIpc) is 2.39. The van der Waals surface area contributed by atoms with E-state index in [1.54, 1.807) is 18.2 Å². The largest absolute Gasteiger partial charge is 0.480 e. The Morgan fingerprint density at radius 3 is 3.00 bits per heavy atom. The van der Waals surface area contributed by atoms with Crippen molar-refractivity contribution in [1.82, 2.24) is 0 Å². The summed E-state index contributed by atoms with van der Waals surface area (Å²) in [5, 5.41) is 8.91. The predicted molar refractivity (Wildman–Crippen MR) is 33.0 cm³/mol. The fraction of sp³-hybridized carbons (Fsp3) is 0. The number of aliphatic hydroxyl groups excluding tert-OH is 1. The molecule has 1 aliphatic heterocycles. The highest BCUT2D eigenvalue weighted by Gasteiger charge is 2.29. The molecule has 0 amide bonds. The Morgan fingerprint density at radius 2 is 2.30 bits per heavy atom. The molecule has 0 aromatic rings. The molecule has 10 heavy (non-hydrogen) atoms. The second kappa shape index (κ2) is 1.50. The molecule has 1 aliphatic carbocycles. The summed E-state index contributed by atoms with van der Waals surface area (Å²) in [6.07, 6.45) is 4.94. The second-order valence-electron chi connectivity index (χ2n) is 2.05. The Hall–Kier alpha value is -1.51. The summed E-state index contributed by atoms with van der Waals surface area (Å²) < 4.78 is 4.40. The number of cyclic esters (lactones) is 1. The van der Waals surface area contributed by atoms with E-state index in [2.05, 4.69) is 4.74 Å². The van der Waals surface area contributed by atoms with E-state index >= 15 is 0 Å². The highest BCUT2D eigenvalue weighted by molar-refractivity contribution is 5.99. The normalized spacial score (nSPS) is 21.2. The molecular formula is C7H4O3. The van der Waals surface area contributed by atoms with Crippen LogP contribution in [0.15, 0.2) is 35.3 Å². The van der Waals surface area contributed by atoms with Gasteiger partial charge in [0.1, 0.15) is 0 Å². The van der Waals surface area contributed by atoms with E-state index in [0.717, 1.165) is 0 Å². The molecule has 0 saturated heterocycles. The predicted octanol–water partition coefficient (Wildman–Crippen LogP) is 0.809. The van der Waals surface area contributed by atoms with Crippen LogP contribution in [0, 0.1) is 0 Å². The zero-order valence-corrected chi connectivity index (χ0v) is 5.00. The van der Waals surface area contributed by atoms with E-state index in [9.17, 15) is 4.79 Å². The lowest BCUT2D eigenvalue weighted by Crippen LogP contribution is -1.96. The van der Waals surface area contributed by atoms with Gasteiger partial charge in [0.2, 0.25) is 0 Å². The van der Waals surface area contributed by atoms with Gasteiger partial charge in [-0.05, 0) is 12.2 Å². The van der Waals surface area contributed by atoms with Crippen molar-refractivity contribution >= 4 is 5.97 Å². The molecule has 0 aromatic heterocycles. The van der Waals surface area contributed by atoms with Crippen molar-refractivity contribution in [3.63, 3.8) is 0 Å². The first kappa shape index (κ1) is 5.29. The van der Waals surface area contributed by atoms with Gasteiger partial charge in [0, 0.05) is 0 Å². The molecule has 0 bridgehead atoms. The Bertz CT molecular complexity index is 294. The summed E-state index contributed by atoms with van der Waals surface area (Å²) >= 11 is 0. The number of hydrogen-bond acceptors (Lipinski definition) is 3. The third kappa shape index (κ3) is 0.466. The molecular weight excluding hydrogens is 132 g/mol. The number of esters is 1. The first-order chi connectivity index (χ1) is 4.79. The summed E-state index contributed by atoms with van der Waals surface area (Å²) in [6, 6.07) is 0. The molecule has 0 unspecified atom stereocenters. The molecule has 2 aliphatic rings. The van der Waals surface area contributed by atoms with Crippen LogP contribution in [0.5, 0.6) is 0 Å². The number of fused-ring (bicyclic) bond motifs is 1. The molecule has 1 N–H and O–H groups in total. The van der Waals surface area contributed by atoms with E-state index in [1.165, 1.54) is 0 Å². The number of allylic oxidation sites excluding steroid dienone is 3. The molecule has 0 atom stereocenters. The standard InChI is InChI=1S/C7H4O3/c8-6-4-2-1-3-5(4)7(9)10-6/h1-3,8H. The maximum atomic E-state index is 10.7. The zero-order valence-electron chi connectivity index (χ0n) is 5.00. The van der Waals surface area contributed by atoms with E-state index in [1.807, 2.05) is 0 Å². The lowest BCUT2D eigenvalue weighted by Gasteiger charge is -1.88. The highest BCUT2D eigenvalue weighted by Crippen LogP contribution is 2.28. The molecule has 50 valence electrons. The molecule has 0 radical (unpaired) electrons. The zero-order chi connectivity index (χ0) is 7.14. The summed E-state index contributed by atoms with van der Waals surface area (Å²) in [4.78, 5) is 10.7. The Balaban J connectivity index is 2.58. The Morgan fingerprint density at radius 1 is 1.50 bits per heavy atom. The van der Waals surface area contributed by atoms with Crippen molar-refractivity contribution in [2.24, 2.45) is 0 Å².